The summed E-state index contributed by atoms with van der Waals surface area (Å²) < 4.78 is 1.92. The van der Waals surface area contributed by atoms with Crippen molar-refractivity contribution in [3.8, 4) is 0 Å². The summed E-state index contributed by atoms with van der Waals surface area (Å²) in [4.78, 5) is 7.43. The van der Waals surface area contributed by atoms with E-state index in [1.54, 1.807) is 0 Å². The fourth-order valence-corrected chi connectivity index (χ4v) is 5.81. The zero-order valence-electron chi connectivity index (χ0n) is 23.8. The summed E-state index contributed by atoms with van der Waals surface area (Å²) in [5, 5.41) is 12.3. The molecule has 1 aliphatic rings. The van der Waals surface area contributed by atoms with Gasteiger partial charge in [0.2, 0.25) is 0 Å². The number of rotatable bonds is 12. The van der Waals surface area contributed by atoms with Gasteiger partial charge in [0.15, 0.2) is 5.65 Å². The Bertz CT molecular complexity index is 1250. The highest BCUT2D eigenvalue weighted by Crippen LogP contribution is 2.28. The monoisotopic (exact) mass is 524 g/mol. The van der Waals surface area contributed by atoms with Crippen molar-refractivity contribution in [2.75, 3.05) is 31.5 Å². The second kappa shape index (κ2) is 12.8. The predicted octanol–water partition coefficient (Wildman–Crippen LogP) is 6.45. The number of imidazole rings is 1. The van der Waals surface area contributed by atoms with Crippen molar-refractivity contribution in [1.82, 2.24) is 24.8 Å². The first kappa shape index (κ1) is 27.4. The number of aromatic nitrogens is 3. The quantitative estimate of drug-likeness (QED) is 0.209. The molecule has 2 N–H and O–H groups in total. The largest absolute Gasteiger partial charge is 0.369 e. The number of hydrogen-bond acceptors (Lipinski definition) is 5. The lowest BCUT2D eigenvalue weighted by molar-refractivity contribution is 0.193. The van der Waals surface area contributed by atoms with E-state index >= 15 is 0 Å². The number of piperidine rings is 1. The van der Waals surface area contributed by atoms with Gasteiger partial charge in [0, 0.05) is 18.0 Å². The Kier molecular flexibility index (Phi) is 8.95. The molecular weight excluding hydrogens is 480 g/mol. The van der Waals surface area contributed by atoms with Gasteiger partial charge >= 0.3 is 0 Å². The van der Waals surface area contributed by atoms with Crippen LogP contribution in [0.3, 0.4) is 0 Å². The molecule has 3 heterocycles. The molecule has 0 bridgehead atoms. The molecule has 2 aromatic heterocycles. The van der Waals surface area contributed by atoms with Gasteiger partial charge in [0.05, 0.1) is 17.9 Å². The summed E-state index contributed by atoms with van der Waals surface area (Å²) in [5.74, 6) is 0.913. The third-order valence-electron chi connectivity index (χ3n) is 8.10. The van der Waals surface area contributed by atoms with Gasteiger partial charge in [-0.2, -0.15) is 0 Å². The van der Waals surface area contributed by atoms with Crippen LogP contribution < -0.4 is 10.6 Å². The number of likely N-dealkylation sites (tertiary alicyclic amines) is 1. The van der Waals surface area contributed by atoms with E-state index in [4.69, 9.17) is 10.1 Å². The van der Waals surface area contributed by atoms with Crippen molar-refractivity contribution in [3.05, 3.63) is 95.8 Å². The minimum Gasteiger partial charge on any atom is -0.369 e. The first-order valence-electron chi connectivity index (χ1n) is 14.7. The lowest BCUT2D eigenvalue weighted by Crippen LogP contribution is -2.44. The van der Waals surface area contributed by atoms with Crippen molar-refractivity contribution < 1.29 is 0 Å². The molecule has 39 heavy (non-hydrogen) atoms. The average Bonchev–Trinajstić information content (AvgIpc) is 3.40. The Morgan fingerprint density at radius 2 is 1.59 bits per heavy atom. The van der Waals surface area contributed by atoms with E-state index in [2.05, 4.69) is 109 Å². The lowest BCUT2D eigenvalue weighted by Gasteiger charge is -2.35. The molecule has 0 saturated carbocycles. The van der Waals surface area contributed by atoms with Crippen LogP contribution in [0.15, 0.2) is 79.0 Å². The van der Waals surface area contributed by atoms with E-state index in [-0.39, 0.29) is 11.5 Å². The van der Waals surface area contributed by atoms with E-state index in [1.807, 2.05) is 10.6 Å². The fourth-order valence-electron chi connectivity index (χ4n) is 5.81. The minimum absolute atomic E-state index is 0.0724. The minimum atomic E-state index is 0.0724. The maximum absolute atomic E-state index is 4.82. The molecule has 0 radical (unpaired) electrons. The third-order valence-corrected chi connectivity index (χ3v) is 8.10. The van der Waals surface area contributed by atoms with Gasteiger partial charge in [-0.3, -0.25) is 0 Å². The van der Waals surface area contributed by atoms with E-state index in [0.29, 0.717) is 6.04 Å². The van der Waals surface area contributed by atoms with Crippen molar-refractivity contribution >= 4 is 11.5 Å². The fraction of sp³-hybridized carbons (Fsp3) is 0.455. The van der Waals surface area contributed by atoms with Crippen LogP contribution in [0.1, 0.15) is 75.7 Å². The van der Waals surface area contributed by atoms with Gasteiger partial charge in [-0.25, -0.2) is 9.50 Å². The predicted molar refractivity (Wildman–Crippen MR) is 161 cm³/mol. The summed E-state index contributed by atoms with van der Waals surface area (Å²) >= 11 is 0. The van der Waals surface area contributed by atoms with Gasteiger partial charge in [-0.15, -0.1) is 5.10 Å². The van der Waals surface area contributed by atoms with Crippen LogP contribution in [-0.4, -0.2) is 51.7 Å². The summed E-state index contributed by atoms with van der Waals surface area (Å²) in [7, 11) is 0. The average molecular weight is 525 g/mol. The molecule has 1 fully saturated rings. The Labute approximate surface area is 233 Å². The number of fused-ring (bicyclic) bond motifs is 1. The maximum Gasteiger partial charge on any atom is 0.153 e. The molecule has 0 spiro atoms. The first-order chi connectivity index (χ1) is 19.0. The SMILES string of the molecule is CCCC(C)(C)c1cn2nc(NCCCN3CCC(NC(c4ccccc4)c4ccccc4)CC3)ccc2n1. The van der Waals surface area contributed by atoms with Crippen LogP contribution in [0.5, 0.6) is 0 Å². The Morgan fingerprint density at radius 3 is 2.23 bits per heavy atom. The van der Waals surface area contributed by atoms with Gasteiger partial charge in [0.1, 0.15) is 5.82 Å². The summed E-state index contributed by atoms with van der Waals surface area (Å²) in [6, 6.07) is 26.6. The molecule has 6 nitrogen and oxygen atoms in total. The van der Waals surface area contributed by atoms with E-state index < -0.39 is 0 Å². The molecule has 206 valence electrons. The van der Waals surface area contributed by atoms with Crippen molar-refractivity contribution in [2.24, 2.45) is 0 Å². The van der Waals surface area contributed by atoms with Gasteiger partial charge in [-0.1, -0.05) is 87.9 Å². The zero-order chi connectivity index (χ0) is 27.1. The summed E-state index contributed by atoms with van der Waals surface area (Å²) in [6.45, 7) is 11.1. The van der Waals surface area contributed by atoms with E-state index in [9.17, 15) is 0 Å². The highest BCUT2D eigenvalue weighted by atomic mass is 15.3. The Balaban J connectivity index is 1.07. The van der Waals surface area contributed by atoms with Crippen LogP contribution in [0.25, 0.3) is 5.65 Å². The zero-order valence-corrected chi connectivity index (χ0v) is 23.8. The second-order valence-corrected chi connectivity index (χ2v) is 11.6. The molecule has 0 aliphatic carbocycles. The standard InChI is InChI=1S/C33H44N6/c1-4-20-33(2,3)29-25-39-31(36-29)17-16-30(37-39)34-21-11-22-38-23-18-28(19-24-38)35-32(26-12-7-5-8-13-26)27-14-9-6-10-15-27/h5-10,12-17,25,28,32,35H,4,11,18-24H2,1-3H3,(H,34,37). The molecule has 2 aromatic carbocycles. The van der Waals surface area contributed by atoms with Crippen LogP contribution >= 0.6 is 0 Å². The van der Waals surface area contributed by atoms with Gasteiger partial charge in [0.25, 0.3) is 0 Å². The summed E-state index contributed by atoms with van der Waals surface area (Å²) in [5.41, 5.74) is 4.77. The number of anilines is 1. The molecule has 0 atom stereocenters. The van der Waals surface area contributed by atoms with Crippen molar-refractivity contribution in [2.45, 2.75) is 70.4 Å². The van der Waals surface area contributed by atoms with Crippen molar-refractivity contribution in [1.29, 1.82) is 0 Å². The molecular formula is C33H44N6. The lowest BCUT2D eigenvalue weighted by atomic mass is 9.85. The highest BCUT2D eigenvalue weighted by molar-refractivity contribution is 5.46. The van der Waals surface area contributed by atoms with Gasteiger partial charge < -0.3 is 15.5 Å². The molecule has 6 heteroatoms. The number of nitrogens with one attached hydrogen (secondary N) is 2. The smallest absolute Gasteiger partial charge is 0.153 e. The molecule has 1 aliphatic heterocycles. The first-order valence-corrected chi connectivity index (χ1v) is 14.7. The topological polar surface area (TPSA) is 57.5 Å². The highest BCUT2D eigenvalue weighted by Gasteiger charge is 2.24. The van der Waals surface area contributed by atoms with Crippen molar-refractivity contribution in [3.63, 3.8) is 0 Å². The molecule has 1 saturated heterocycles. The van der Waals surface area contributed by atoms with E-state index in [1.165, 1.54) is 24.0 Å². The second-order valence-electron chi connectivity index (χ2n) is 11.6. The van der Waals surface area contributed by atoms with Crippen LogP contribution in [0, 0.1) is 0 Å². The van der Waals surface area contributed by atoms with Gasteiger partial charge in [-0.05, 0) is 68.6 Å². The molecule has 0 amide bonds. The normalized spacial score (nSPS) is 15.3. The number of hydrogen-bond donors (Lipinski definition) is 2. The van der Waals surface area contributed by atoms with Crippen LogP contribution in [0.4, 0.5) is 5.82 Å². The number of benzene rings is 2. The maximum atomic E-state index is 4.82. The molecule has 0 unspecified atom stereocenters. The molecule has 4 aromatic rings. The summed E-state index contributed by atoms with van der Waals surface area (Å²) in [6.07, 6.45) is 7.83. The number of nitrogens with zero attached hydrogens (tertiary/aromatic N) is 4. The molecule has 5 rings (SSSR count). The Hall–Kier alpha value is -3.22. The third kappa shape index (κ3) is 7.06. The van der Waals surface area contributed by atoms with Crippen LogP contribution in [-0.2, 0) is 5.41 Å². The van der Waals surface area contributed by atoms with Crippen LogP contribution in [0.2, 0.25) is 0 Å². The van der Waals surface area contributed by atoms with E-state index in [0.717, 1.165) is 62.6 Å². The Morgan fingerprint density at radius 1 is 0.923 bits per heavy atom.